The molecule has 0 saturated carbocycles. The number of nitrogens with one attached hydrogen (secondary N) is 1. The van der Waals surface area contributed by atoms with Crippen molar-refractivity contribution in [2.45, 2.75) is 3.92 Å². The van der Waals surface area contributed by atoms with E-state index in [1.165, 1.54) is 18.4 Å². The second kappa shape index (κ2) is 5.98. The summed E-state index contributed by atoms with van der Waals surface area (Å²) in [6.07, 6.45) is 0. The molecule has 0 aliphatic rings. The topological polar surface area (TPSA) is 55.4 Å². The van der Waals surface area contributed by atoms with Crippen LogP contribution in [0.1, 0.15) is 9.67 Å². The van der Waals surface area contributed by atoms with E-state index in [4.69, 9.17) is 0 Å². The molecule has 4 nitrogen and oxygen atoms in total. The quantitative estimate of drug-likeness (QED) is 0.492. The lowest BCUT2D eigenvalue weighted by atomic mass is 10.4. The van der Waals surface area contributed by atoms with Gasteiger partial charge in [-0.05, 0) is 17.5 Å². The molecule has 0 spiro atoms. The van der Waals surface area contributed by atoms with Crippen molar-refractivity contribution in [2.24, 2.45) is 0 Å². The third-order valence-corrected chi connectivity index (χ3v) is 5.30. The van der Waals surface area contributed by atoms with Gasteiger partial charge >= 0.3 is 5.97 Å². The van der Waals surface area contributed by atoms with Crippen molar-refractivity contribution in [3.8, 4) is 0 Å². The number of alkyl halides is 1. The first-order valence-electron chi connectivity index (χ1n) is 5.09. The van der Waals surface area contributed by atoms with Gasteiger partial charge in [0.1, 0.15) is 3.92 Å². The Balaban J connectivity index is 1.96. The molecule has 1 atom stereocenters. The fraction of sp³-hybridized carbons (Fsp3) is 0.273. The first kappa shape index (κ1) is 13.8. The summed E-state index contributed by atoms with van der Waals surface area (Å²) in [5.74, 6) is -0.475. The minimum absolute atomic E-state index is 0.144. The summed E-state index contributed by atoms with van der Waals surface area (Å²) in [5.41, 5.74) is 0. The Kier molecular flexibility index (Phi) is 4.57. The number of halogens is 1. The van der Waals surface area contributed by atoms with Crippen molar-refractivity contribution >= 4 is 66.5 Å². The number of hydrogen-bond acceptors (Lipinski definition) is 5. The molecular formula is C11H10INO3S2. The normalized spacial score (nSPS) is 12.3. The van der Waals surface area contributed by atoms with Gasteiger partial charge in [0, 0.05) is 15.9 Å². The van der Waals surface area contributed by atoms with E-state index in [1.54, 1.807) is 11.3 Å². The fourth-order valence-corrected chi connectivity index (χ4v) is 3.86. The van der Waals surface area contributed by atoms with Crippen molar-refractivity contribution in [3.63, 3.8) is 0 Å². The number of rotatable bonds is 4. The molecule has 0 radical (unpaired) electrons. The highest BCUT2D eigenvalue weighted by molar-refractivity contribution is 14.1. The molecule has 7 heteroatoms. The maximum atomic E-state index is 11.9. The zero-order valence-corrected chi connectivity index (χ0v) is 13.2. The molecule has 2 aromatic heterocycles. The van der Waals surface area contributed by atoms with Gasteiger partial charge in [0.15, 0.2) is 0 Å². The van der Waals surface area contributed by atoms with Crippen molar-refractivity contribution in [1.29, 1.82) is 0 Å². The van der Waals surface area contributed by atoms with Crippen molar-refractivity contribution < 1.29 is 14.3 Å². The Bertz CT molecular complexity index is 549. The van der Waals surface area contributed by atoms with E-state index in [2.05, 4.69) is 10.1 Å². The average Bonchev–Trinajstić information content (AvgIpc) is 2.94. The van der Waals surface area contributed by atoms with Crippen LogP contribution in [-0.2, 0) is 9.53 Å². The number of hydrogen-bond donors (Lipinski definition) is 1. The van der Waals surface area contributed by atoms with Crippen LogP contribution in [0.15, 0.2) is 17.5 Å². The number of ether oxygens (including phenoxy) is 1. The molecule has 0 saturated heterocycles. The molecule has 0 aliphatic heterocycles. The molecule has 0 bridgehead atoms. The lowest BCUT2D eigenvalue weighted by Crippen LogP contribution is -2.33. The molecule has 2 rings (SSSR count). The van der Waals surface area contributed by atoms with Crippen LogP contribution >= 0.6 is 45.3 Å². The molecule has 0 aliphatic carbocycles. The van der Waals surface area contributed by atoms with Crippen molar-refractivity contribution in [2.75, 3.05) is 13.7 Å². The third kappa shape index (κ3) is 3.01. The van der Waals surface area contributed by atoms with Crippen LogP contribution in [0.2, 0.25) is 0 Å². The molecule has 1 N–H and O–H groups in total. The Morgan fingerprint density at radius 1 is 1.50 bits per heavy atom. The van der Waals surface area contributed by atoms with Crippen molar-refractivity contribution in [3.05, 3.63) is 22.4 Å². The van der Waals surface area contributed by atoms with E-state index in [0.717, 1.165) is 9.40 Å². The van der Waals surface area contributed by atoms with Gasteiger partial charge < -0.3 is 10.1 Å². The zero-order valence-electron chi connectivity index (χ0n) is 9.44. The van der Waals surface area contributed by atoms with Gasteiger partial charge in [-0.1, -0.05) is 22.6 Å². The van der Waals surface area contributed by atoms with E-state index in [0.29, 0.717) is 4.88 Å². The van der Waals surface area contributed by atoms with Crippen LogP contribution in [-0.4, -0.2) is 29.5 Å². The number of fused-ring (bicyclic) bond motifs is 1. The molecule has 2 heterocycles. The zero-order chi connectivity index (χ0) is 13.1. The predicted octanol–water partition coefficient (Wildman–Crippen LogP) is 2.67. The van der Waals surface area contributed by atoms with E-state index in [9.17, 15) is 9.59 Å². The fourth-order valence-electron chi connectivity index (χ4n) is 1.36. The van der Waals surface area contributed by atoms with E-state index < -0.39 is 0 Å². The Morgan fingerprint density at radius 3 is 2.94 bits per heavy atom. The number of carbonyl (C=O) groups excluding carboxylic acids is 2. The van der Waals surface area contributed by atoms with Crippen LogP contribution in [0.4, 0.5) is 0 Å². The Labute approximate surface area is 125 Å². The summed E-state index contributed by atoms with van der Waals surface area (Å²) in [5, 5.41) is 4.73. The van der Waals surface area contributed by atoms with E-state index in [1.807, 2.05) is 40.1 Å². The van der Waals surface area contributed by atoms with Gasteiger partial charge in [-0.2, -0.15) is 0 Å². The van der Waals surface area contributed by atoms with Crippen LogP contribution in [0.25, 0.3) is 9.40 Å². The second-order valence-electron chi connectivity index (χ2n) is 3.46. The number of esters is 1. The third-order valence-electron chi connectivity index (χ3n) is 2.26. The van der Waals surface area contributed by atoms with Gasteiger partial charge in [0.2, 0.25) is 0 Å². The summed E-state index contributed by atoms with van der Waals surface area (Å²) in [6.45, 7) is 0.275. The summed E-state index contributed by atoms with van der Waals surface area (Å²) >= 11 is 5.02. The summed E-state index contributed by atoms with van der Waals surface area (Å²) in [6, 6.07) is 3.87. The smallest absolute Gasteiger partial charge is 0.320 e. The monoisotopic (exact) mass is 395 g/mol. The first-order chi connectivity index (χ1) is 8.61. The minimum atomic E-state index is -0.363. The van der Waals surface area contributed by atoms with Crippen LogP contribution < -0.4 is 5.32 Å². The molecule has 0 aromatic carbocycles. The van der Waals surface area contributed by atoms with Crippen LogP contribution in [0.5, 0.6) is 0 Å². The molecule has 1 amide bonds. The molecule has 0 fully saturated rings. The predicted molar refractivity (Wildman–Crippen MR) is 81.9 cm³/mol. The molecule has 18 heavy (non-hydrogen) atoms. The van der Waals surface area contributed by atoms with E-state index >= 15 is 0 Å². The molecular weight excluding hydrogens is 385 g/mol. The highest BCUT2D eigenvalue weighted by Gasteiger charge is 2.17. The summed E-state index contributed by atoms with van der Waals surface area (Å²) < 4.78 is 6.46. The van der Waals surface area contributed by atoms with Gasteiger partial charge in [0.05, 0.1) is 12.0 Å². The number of thiophene rings is 2. The number of methoxy groups -OCH3 is 1. The Hall–Kier alpha value is -0.670. The lowest BCUT2D eigenvalue weighted by molar-refractivity contribution is -0.139. The molecule has 2 aromatic rings. The number of carbonyl (C=O) groups is 2. The molecule has 96 valence electrons. The maximum Gasteiger partial charge on any atom is 0.320 e. The van der Waals surface area contributed by atoms with Gasteiger partial charge in [-0.15, -0.1) is 22.7 Å². The van der Waals surface area contributed by atoms with Gasteiger partial charge in [0.25, 0.3) is 5.91 Å². The highest BCUT2D eigenvalue weighted by atomic mass is 127. The average molecular weight is 395 g/mol. The summed E-state index contributed by atoms with van der Waals surface area (Å²) in [4.78, 5) is 23.7. The lowest BCUT2D eigenvalue weighted by Gasteiger charge is -2.08. The SMILES string of the molecule is COC(=O)C(I)CNC(=O)c1cc2sccc2s1. The highest BCUT2D eigenvalue weighted by Crippen LogP contribution is 2.29. The standard InChI is InChI=1S/C11H10INO3S2/c1-16-11(15)6(12)5-13-10(14)9-4-8-7(18-9)2-3-17-8/h2-4,6H,5H2,1H3,(H,13,14). The number of amides is 1. The maximum absolute atomic E-state index is 11.9. The van der Waals surface area contributed by atoms with Crippen LogP contribution in [0.3, 0.4) is 0 Å². The minimum Gasteiger partial charge on any atom is -0.468 e. The summed E-state index contributed by atoms with van der Waals surface area (Å²) in [7, 11) is 1.34. The second-order valence-corrected chi connectivity index (χ2v) is 7.00. The first-order valence-corrected chi connectivity index (χ1v) is 8.03. The largest absolute Gasteiger partial charge is 0.468 e. The van der Waals surface area contributed by atoms with Crippen LogP contribution in [0, 0.1) is 0 Å². The van der Waals surface area contributed by atoms with Gasteiger partial charge in [-0.3, -0.25) is 9.59 Å². The van der Waals surface area contributed by atoms with Gasteiger partial charge in [-0.25, -0.2) is 0 Å². The van der Waals surface area contributed by atoms with Crippen molar-refractivity contribution in [1.82, 2.24) is 5.32 Å². The van der Waals surface area contributed by atoms with E-state index in [-0.39, 0.29) is 22.3 Å². The Morgan fingerprint density at radius 2 is 2.28 bits per heavy atom. The molecule has 1 unspecified atom stereocenters.